The molecule has 2 atom stereocenters. The maximum Gasteiger partial charge on any atom is 0.0715 e. The van der Waals surface area contributed by atoms with Crippen molar-refractivity contribution in [1.29, 1.82) is 0 Å². The van der Waals surface area contributed by atoms with Crippen LogP contribution in [-0.4, -0.2) is 63.5 Å². The van der Waals surface area contributed by atoms with Crippen molar-refractivity contribution in [1.82, 2.24) is 10.2 Å². The highest BCUT2D eigenvalue weighted by molar-refractivity contribution is 5.85. The Kier molecular flexibility index (Phi) is 7.62. The zero-order chi connectivity index (χ0) is 12.8. The molecule has 0 saturated carbocycles. The number of likely N-dealkylation sites (tertiary alicyclic amines) is 1. The minimum atomic E-state index is 0. The van der Waals surface area contributed by atoms with Gasteiger partial charge in [-0.25, -0.2) is 0 Å². The summed E-state index contributed by atoms with van der Waals surface area (Å²) in [4.78, 5) is 2.57. The zero-order valence-corrected chi connectivity index (χ0v) is 13.1. The summed E-state index contributed by atoms with van der Waals surface area (Å²) >= 11 is 0. The molecule has 0 spiro atoms. The second-order valence-electron chi connectivity index (χ2n) is 5.95. The molecule has 2 aliphatic heterocycles. The summed E-state index contributed by atoms with van der Waals surface area (Å²) in [6.07, 6.45) is 2.90. The normalized spacial score (nSPS) is 31.6. The number of ether oxygens (including phenoxy) is 2. The quantitative estimate of drug-likeness (QED) is 0.722. The van der Waals surface area contributed by atoms with Gasteiger partial charge in [-0.3, -0.25) is 0 Å². The molecule has 2 saturated heterocycles. The molecule has 0 aromatic heterocycles. The second kappa shape index (κ2) is 8.42. The van der Waals surface area contributed by atoms with E-state index in [9.17, 15) is 0 Å². The summed E-state index contributed by atoms with van der Waals surface area (Å²) in [5.74, 6) is 0. The molecule has 0 aromatic carbocycles. The molecule has 5 heteroatoms. The van der Waals surface area contributed by atoms with E-state index in [0.717, 1.165) is 26.4 Å². The third-order valence-corrected chi connectivity index (χ3v) is 4.08. The topological polar surface area (TPSA) is 33.7 Å². The minimum absolute atomic E-state index is 0. The Hall–Kier alpha value is 0.130. The van der Waals surface area contributed by atoms with E-state index in [1.807, 2.05) is 6.92 Å². The van der Waals surface area contributed by atoms with Gasteiger partial charge in [-0.05, 0) is 31.7 Å². The van der Waals surface area contributed by atoms with Crippen LogP contribution in [0, 0.1) is 5.41 Å². The molecular weight excluding hydrogens is 264 g/mol. The standard InChI is InChI=1S/C14H28N2O2.ClH/c1-3-17-8-9-18-13-4-7-16(10-13)12-14(2)5-6-15-11-14;/h13,15H,3-12H2,1-2H3;1H/t13-,14?;/m0./s1. The molecule has 1 N–H and O–H groups in total. The Balaban J connectivity index is 0.00000180. The highest BCUT2D eigenvalue weighted by atomic mass is 35.5. The number of hydrogen-bond acceptors (Lipinski definition) is 4. The summed E-state index contributed by atoms with van der Waals surface area (Å²) in [7, 11) is 0. The summed E-state index contributed by atoms with van der Waals surface area (Å²) in [5, 5.41) is 3.47. The van der Waals surface area contributed by atoms with E-state index in [-0.39, 0.29) is 12.4 Å². The second-order valence-corrected chi connectivity index (χ2v) is 5.95. The Morgan fingerprint density at radius 2 is 2.21 bits per heavy atom. The number of nitrogens with zero attached hydrogens (tertiary/aromatic N) is 1. The molecule has 0 amide bonds. The lowest BCUT2D eigenvalue weighted by molar-refractivity contribution is 0.0106. The Morgan fingerprint density at radius 3 is 2.89 bits per heavy atom. The van der Waals surface area contributed by atoms with Crippen LogP contribution < -0.4 is 5.32 Å². The SMILES string of the molecule is CCOCCO[C@H]1CCN(CC2(C)CCNC2)C1.Cl. The fourth-order valence-electron chi connectivity index (χ4n) is 3.04. The van der Waals surface area contributed by atoms with Gasteiger partial charge in [0, 0.05) is 32.8 Å². The molecule has 0 bridgehead atoms. The largest absolute Gasteiger partial charge is 0.379 e. The molecule has 2 rings (SSSR count). The average molecular weight is 293 g/mol. The van der Waals surface area contributed by atoms with Crippen molar-refractivity contribution in [2.24, 2.45) is 5.41 Å². The third kappa shape index (κ3) is 5.56. The predicted octanol–water partition coefficient (Wildman–Crippen LogP) is 1.54. The third-order valence-electron chi connectivity index (χ3n) is 4.08. The van der Waals surface area contributed by atoms with Crippen molar-refractivity contribution in [2.45, 2.75) is 32.8 Å². The van der Waals surface area contributed by atoms with Crippen LogP contribution in [0.25, 0.3) is 0 Å². The van der Waals surface area contributed by atoms with Gasteiger partial charge in [0.2, 0.25) is 0 Å². The van der Waals surface area contributed by atoms with Gasteiger partial charge in [0.25, 0.3) is 0 Å². The molecule has 114 valence electrons. The van der Waals surface area contributed by atoms with Gasteiger partial charge in [-0.1, -0.05) is 6.92 Å². The van der Waals surface area contributed by atoms with Crippen LogP contribution in [0.5, 0.6) is 0 Å². The summed E-state index contributed by atoms with van der Waals surface area (Å²) in [6.45, 7) is 12.5. The first-order valence-electron chi connectivity index (χ1n) is 7.34. The van der Waals surface area contributed by atoms with Crippen molar-refractivity contribution in [2.75, 3.05) is 52.5 Å². The Morgan fingerprint density at radius 1 is 1.37 bits per heavy atom. The lowest BCUT2D eigenvalue weighted by atomic mass is 9.89. The van der Waals surface area contributed by atoms with Gasteiger partial charge in [-0.15, -0.1) is 12.4 Å². The van der Waals surface area contributed by atoms with Crippen molar-refractivity contribution < 1.29 is 9.47 Å². The fraction of sp³-hybridized carbons (Fsp3) is 1.00. The first-order chi connectivity index (χ1) is 8.72. The van der Waals surface area contributed by atoms with E-state index < -0.39 is 0 Å². The van der Waals surface area contributed by atoms with E-state index in [1.54, 1.807) is 0 Å². The first kappa shape index (κ1) is 17.2. The predicted molar refractivity (Wildman–Crippen MR) is 80.1 cm³/mol. The molecule has 2 heterocycles. The lowest BCUT2D eigenvalue weighted by Gasteiger charge is -2.29. The van der Waals surface area contributed by atoms with Crippen molar-refractivity contribution >= 4 is 12.4 Å². The van der Waals surface area contributed by atoms with Crippen LogP contribution >= 0.6 is 12.4 Å². The van der Waals surface area contributed by atoms with Crippen LogP contribution in [0.1, 0.15) is 26.7 Å². The summed E-state index contributed by atoms with van der Waals surface area (Å²) in [6, 6.07) is 0. The summed E-state index contributed by atoms with van der Waals surface area (Å²) in [5.41, 5.74) is 0.472. The van der Waals surface area contributed by atoms with Crippen molar-refractivity contribution in [3.8, 4) is 0 Å². The van der Waals surface area contributed by atoms with E-state index in [4.69, 9.17) is 9.47 Å². The highest BCUT2D eigenvalue weighted by Gasteiger charge is 2.33. The van der Waals surface area contributed by atoms with Gasteiger partial charge in [0.15, 0.2) is 0 Å². The lowest BCUT2D eigenvalue weighted by Crippen LogP contribution is -2.36. The maximum absolute atomic E-state index is 5.85. The molecular formula is C14H29ClN2O2. The molecule has 0 radical (unpaired) electrons. The molecule has 2 aliphatic rings. The van der Waals surface area contributed by atoms with Crippen LogP contribution in [-0.2, 0) is 9.47 Å². The number of hydrogen-bond donors (Lipinski definition) is 1. The molecule has 0 aliphatic carbocycles. The van der Waals surface area contributed by atoms with E-state index in [0.29, 0.717) is 11.5 Å². The monoisotopic (exact) mass is 292 g/mol. The van der Waals surface area contributed by atoms with Gasteiger partial charge in [-0.2, -0.15) is 0 Å². The molecule has 19 heavy (non-hydrogen) atoms. The molecule has 4 nitrogen and oxygen atoms in total. The summed E-state index contributed by atoms with van der Waals surface area (Å²) < 4.78 is 11.1. The van der Waals surface area contributed by atoms with Crippen LogP contribution in [0.4, 0.5) is 0 Å². The van der Waals surface area contributed by atoms with Crippen LogP contribution in [0.3, 0.4) is 0 Å². The van der Waals surface area contributed by atoms with Crippen LogP contribution in [0.15, 0.2) is 0 Å². The van der Waals surface area contributed by atoms with E-state index in [1.165, 1.54) is 39.0 Å². The van der Waals surface area contributed by atoms with E-state index in [2.05, 4.69) is 17.1 Å². The number of rotatable bonds is 7. The van der Waals surface area contributed by atoms with Gasteiger partial charge >= 0.3 is 0 Å². The number of halogens is 1. The van der Waals surface area contributed by atoms with Crippen molar-refractivity contribution in [3.05, 3.63) is 0 Å². The first-order valence-corrected chi connectivity index (χ1v) is 7.34. The van der Waals surface area contributed by atoms with Crippen molar-refractivity contribution in [3.63, 3.8) is 0 Å². The van der Waals surface area contributed by atoms with Gasteiger partial charge in [0.05, 0.1) is 19.3 Å². The highest BCUT2D eigenvalue weighted by Crippen LogP contribution is 2.27. The maximum atomic E-state index is 5.85. The fourth-order valence-corrected chi connectivity index (χ4v) is 3.04. The van der Waals surface area contributed by atoms with Gasteiger partial charge < -0.3 is 19.7 Å². The van der Waals surface area contributed by atoms with Crippen LogP contribution in [0.2, 0.25) is 0 Å². The smallest absolute Gasteiger partial charge is 0.0715 e. The average Bonchev–Trinajstić information content (AvgIpc) is 2.95. The minimum Gasteiger partial charge on any atom is -0.379 e. The van der Waals surface area contributed by atoms with Gasteiger partial charge in [0.1, 0.15) is 0 Å². The Bertz CT molecular complexity index is 248. The number of nitrogens with one attached hydrogen (secondary N) is 1. The van der Waals surface area contributed by atoms with E-state index >= 15 is 0 Å². The molecule has 0 aromatic rings. The molecule has 2 fully saturated rings. The Labute approximate surface area is 123 Å². The zero-order valence-electron chi connectivity index (χ0n) is 12.3. The molecule has 1 unspecified atom stereocenters.